The molecule has 1 aliphatic heterocycles. The molecule has 0 aromatic heterocycles. The van der Waals surface area contributed by atoms with Crippen LogP contribution < -0.4 is 9.64 Å². The highest BCUT2D eigenvalue weighted by Crippen LogP contribution is 2.43. The maximum absolute atomic E-state index is 13.2. The lowest BCUT2D eigenvalue weighted by molar-refractivity contribution is -0.132. The van der Waals surface area contributed by atoms with Crippen LogP contribution in [0.2, 0.25) is 10.0 Å². The van der Waals surface area contributed by atoms with Gasteiger partial charge in [-0.05, 0) is 42.3 Å². The predicted molar refractivity (Wildman–Crippen MR) is 130 cm³/mol. The lowest BCUT2D eigenvalue weighted by Crippen LogP contribution is -2.29. The number of amides is 1. The second kappa shape index (κ2) is 9.69. The number of anilines is 1. The van der Waals surface area contributed by atoms with Crippen LogP contribution >= 0.6 is 23.2 Å². The van der Waals surface area contributed by atoms with Crippen LogP contribution in [-0.4, -0.2) is 23.4 Å². The molecule has 1 atom stereocenters. The zero-order valence-corrected chi connectivity index (χ0v) is 19.3. The molecule has 1 saturated heterocycles. The smallest absolute Gasteiger partial charge is 0.300 e. The molecule has 3 aromatic rings. The van der Waals surface area contributed by atoms with E-state index in [2.05, 4.69) is 0 Å². The van der Waals surface area contributed by atoms with E-state index in [0.717, 1.165) is 6.42 Å². The Morgan fingerprint density at radius 3 is 2.42 bits per heavy atom. The third kappa shape index (κ3) is 4.47. The standard InChI is InChI=1S/C26H21Cl2NO4/c1-2-13-33-19-10-6-9-18(15-19)29-23(16-7-4-3-5-8-16)22(25(31)26(29)32)24(30)17-11-12-20(27)21(28)14-17/h3-12,14-15,23,30H,2,13H2,1H3/b24-22+. The van der Waals surface area contributed by atoms with E-state index in [0.29, 0.717) is 34.2 Å². The number of aliphatic hydroxyl groups excluding tert-OH is 1. The van der Waals surface area contributed by atoms with Crippen molar-refractivity contribution in [1.29, 1.82) is 0 Å². The first-order valence-corrected chi connectivity index (χ1v) is 11.2. The number of hydrogen-bond acceptors (Lipinski definition) is 4. The normalized spacial score (nSPS) is 17.4. The van der Waals surface area contributed by atoms with Gasteiger partial charge in [-0.2, -0.15) is 0 Å². The molecule has 1 aliphatic rings. The van der Waals surface area contributed by atoms with E-state index in [4.69, 9.17) is 27.9 Å². The van der Waals surface area contributed by atoms with E-state index < -0.39 is 17.7 Å². The molecule has 0 radical (unpaired) electrons. The SMILES string of the molecule is CCCOc1cccc(N2C(=O)C(=O)/C(=C(/O)c3ccc(Cl)c(Cl)c3)C2c2ccccc2)c1. The van der Waals surface area contributed by atoms with Crippen molar-refractivity contribution in [3.8, 4) is 5.75 Å². The minimum atomic E-state index is -0.831. The van der Waals surface area contributed by atoms with Crippen molar-refractivity contribution < 1.29 is 19.4 Å². The van der Waals surface area contributed by atoms with Gasteiger partial charge in [-0.3, -0.25) is 14.5 Å². The first-order chi connectivity index (χ1) is 15.9. The highest BCUT2D eigenvalue weighted by Gasteiger charge is 2.47. The number of halogens is 2. The molecule has 1 amide bonds. The van der Waals surface area contributed by atoms with E-state index in [1.54, 1.807) is 30.3 Å². The quantitative estimate of drug-likeness (QED) is 0.251. The fourth-order valence-corrected chi connectivity index (χ4v) is 4.09. The molecule has 1 unspecified atom stereocenters. The molecule has 0 saturated carbocycles. The van der Waals surface area contributed by atoms with Gasteiger partial charge in [0.2, 0.25) is 0 Å². The Morgan fingerprint density at radius 2 is 1.73 bits per heavy atom. The van der Waals surface area contributed by atoms with Crippen molar-refractivity contribution in [2.45, 2.75) is 19.4 Å². The van der Waals surface area contributed by atoms with Gasteiger partial charge >= 0.3 is 0 Å². The number of Topliss-reactive ketones (excluding diaryl/α,β-unsaturated/α-hetero) is 1. The van der Waals surface area contributed by atoms with Gasteiger partial charge < -0.3 is 9.84 Å². The first-order valence-electron chi connectivity index (χ1n) is 10.5. The van der Waals surface area contributed by atoms with Gasteiger partial charge in [-0.15, -0.1) is 0 Å². The number of hydrogen-bond donors (Lipinski definition) is 1. The topological polar surface area (TPSA) is 66.8 Å². The van der Waals surface area contributed by atoms with Gasteiger partial charge in [0.1, 0.15) is 11.5 Å². The van der Waals surface area contributed by atoms with E-state index in [1.165, 1.54) is 17.0 Å². The molecule has 5 nitrogen and oxygen atoms in total. The van der Waals surface area contributed by atoms with Crippen LogP contribution in [0.1, 0.15) is 30.5 Å². The zero-order chi connectivity index (χ0) is 23.5. The Balaban J connectivity index is 1.89. The Labute approximate surface area is 201 Å². The molecule has 4 rings (SSSR count). The average molecular weight is 482 g/mol. The molecule has 3 aromatic carbocycles. The van der Waals surface area contributed by atoms with Crippen molar-refractivity contribution in [3.05, 3.63) is 99.5 Å². The highest BCUT2D eigenvalue weighted by molar-refractivity contribution is 6.51. The summed E-state index contributed by atoms with van der Waals surface area (Å²) in [6.45, 7) is 2.53. The van der Waals surface area contributed by atoms with Gasteiger partial charge in [0, 0.05) is 17.3 Å². The molecular weight excluding hydrogens is 461 g/mol. The summed E-state index contributed by atoms with van der Waals surface area (Å²) in [5.41, 5.74) is 1.44. The third-order valence-corrected chi connectivity index (χ3v) is 6.06. The molecular formula is C26H21Cl2NO4. The van der Waals surface area contributed by atoms with Crippen LogP contribution in [-0.2, 0) is 9.59 Å². The fraction of sp³-hybridized carbons (Fsp3) is 0.154. The molecule has 0 aliphatic carbocycles. The van der Waals surface area contributed by atoms with Gasteiger partial charge in [0.25, 0.3) is 11.7 Å². The van der Waals surface area contributed by atoms with Crippen LogP contribution in [0.25, 0.3) is 5.76 Å². The van der Waals surface area contributed by atoms with Gasteiger partial charge in [0.15, 0.2) is 0 Å². The predicted octanol–water partition coefficient (Wildman–Crippen LogP) is 6.41. The number of ether oxygens (including phenoxy) is 1. The Morgan fingerprint density at radius 1 is 0.970 bits per heavy atom. The fourth-order valence-electron chi connectivity index (χ4n) is 3.79. The van der Waals surface area contributed by atoms with Gasteiger partial charge in [-0.25, -0.2) is 0 Å². The number of carbonyl (C=O) groups is 2. The summed E-state index contributed by atoms with van der Waals surface area (Å²) in [5, 5.41) is 11.7. The summed E-state index contributed by atoms with van der Waals surface area (Å²) >= 11 is 12.1. The minimum Gasteiger partial charge on any atom is -0.507 e. The average Bonchev–Trinajstić information content (AvgIpc) is 3.10. The second-order valence-electron chi connectivity index (χ2n) is 7.55. The maximum Gasteiger partial charge on any atom is 0.300 e. The lowest BCUT2D eigenvalue weighted by Gasteiger charge is -2.25. The van der Waals surface area contributed by atoms with Crippen LogP contribution in [0, 0.1) is 0 Å². The Bertz CT molecular complexity index is 1240. The number of rotatable bonds is 6. The first kappa shape index (κ1) is 22.9. The lowest BCUT2D eigenvalue weighted by atomic mass is 9.95. The molecule has 0 bridgehead atoms. The van der Waals surface area contributed by atoms with E-state index in [1.807, 2.05) is 37.3 Å². The van der Waals surface area contributed by atoms with Crippen LogP contribution in [0.4, 0.5) is 5.69 Å². The molecule has 168 valence electrons. The Kier molecular flexibility index (Phi) is 6.72. The largest absolute Gasteiger partial charge is 0.507 e. The maximum atomic E-state index is 13.2. The van der Waals surface area contributed by atoms with E-state index >= 15 is 0 Å². The van der Waals surface area contributed by atoms with Gasteiger partial charge in [-0.1, -0.05) is 66.5 Å². The zero-order valence-electron chi connectivity index (χ0n) is 17.8. The molecule has 0 spiro atoms. The molecule has 33 heavy (non-hydrogen) atoms. The summed E-state index contributed by atoms with van der Waals surface area (Å²) in [4.78, 5) is 27.8. The minimum absolute atomic E-state index is 0.0236. The summed E-state index contributed by atoms with van der Waals surface area (Å²) in [5.74, 6) is -1.25. The second-order valence-corrected chi connectivity index (χ2v) is 8.37. The van der Waals surface area contributed by atoms with Crippen LogP contribution in [0.5, 0.6) is 5.75 Å². The third-order valence-electron chi connectivity index (χ3n) is 5.32. The van der Waals surface area contributed by atoms with Crippen molar-refractivity contribution >= 4 is 46.3 Å². The summed E-state index contributed by atoms with van der Waals surface area (Å²) in [6.07, 6.45) is 0.836. The van der Waals surface area contributed by atoms with Crippen LogP contribution in [0.3, 0.4) is 0 Å². The Hall–Kier alpha value is -3.28. The van der Waals surface area contributed by atoms with Crippen LogP contribution in [0.15, 0.2) is 78.4 Å². The summed E-state index contributed by atoms with van der Waals surface area (Å²) in [6, 6.07) is 19.8. The molecule has 1 heterocycles. The van der Waals surface area contributed by atoms with Gasteiger partial charge in [0.05, 0.1) is 28.3 Å². The summed E-state index contributed by atoms with van der Waals surface area (Å²) < 4.78 is 5.71. The van der Waals surface area contributed by atoms with Crippen molar-refractivity contribution in [1.82, 2.24) is 0 Å². The number of aliphatic hydroxyl groups is 1. The molecule has 1 fully saturated rings. The number of carbonyl (C=O) groups excluding carboxylic acids is 2. The molecule has 1 N–H and O–H groups in total. The molecule has 7 heteroatoms. The number of nitrogens with zero attached hydrogens (tertiary/aromatic N) is 1. The highest BCUT2D eigenvalue weighted by atomic mass is 35.5. The van der Waals surface area contributed by atoms with Crippen molar-refractivity contribution in [3.63, 3.8) is 0 Å². The van der Waals surface area contributed by atoms with Crippen molar-refractivity contribution in [2.24, 2.45) is 0 Å². The van der Waals surface area contributed by atoms with Crippen molar-refractivity contribution in [2.75, 3.05) is 11.5 Å². The van der Waals surface area contributed by atoms with E-state index in [-0.39, 0.29) is 16.4 Å². The summed E-state index contributed by atoms with van der Waals surface area (Å²) in [7, 11) is 0. The monoisotopic (exact) mass is 481 g/mol. The van der Waals surface area contributed by atoms with E-state index in [9.17, 15) is 14.7 Å². The number of benzene rings is 3. The number of ketones is 1.